The molecule has 0 saturated heterocycles. The fraction of sp³-hybridized carbons (Fsp3) is 0.400. The highest BCUT2D eigenvalue weighted by atomic mass is 14.1. The molecule has 0 saturated carbocycles. The molecule has 0 aliphatic heterocycles. The third kappa shape index (κ3) is 3.12. The van der Waals surface area contributed by atoms with Crippen LogP contribution in [0.5, 0.6) is 0 Å². The van der Waals surface area contributed by atoms with Crippen LogP contribution in [0.25, 0.3) is 11.1 Å². The van der Waals surface area contributed by atoms with Gasteiger partial charge in [0.15, 0.2) is 0 Å². The molecule has 0 N–H and O–H groups in total. The lowest BCUT2D eigenvalue weighted by molar-refractivity contribution is 1.08. The van der Waals surface area contributed by atoms with Crippen LogP contribution >= 0.6 is 0 Å². The smallest absolute Gasteiger partial charge is 0.0149 e. The van der Waals surface area contributed by atoms with Gasteiger partial charge in [-0.25, -0.2) is 0 Å². The van der Waals surface area contributed by atoms with E-state index in [2.05, 4.69) is 64.1 Å². The molecule has 0 bridgehead atoms. The summed E-state index contributed by atoms with van der Waals surface area (Å²) in [6, 6.07) is 14.0. The van der Waals surface area contributed by atoms with E-state index in [-0.39, 0.29) is 0 Å². The van der Waals surface area contributed by atoms with Crippen molar-refractivity contribution >= 4 is 0 Å². The summed E-state index contributed by atoms with van der Waals surface area (Å²) in [5, 5.41) is 0. The molecule has 0 heteroatoms. The van der Waals surface area contributed by atoms with Gasteiger partial charge in [-0.05, 0) is 59.1 Å². The largest absolute Gasteiger partial charge is 0.0613 e. The molecule has 20 heavy (non-hydrogen) atoms. The summed E-state index contributed by atoms with van der Waals surface area (Å²) in [6.45, 7) is 8.95. The van der Waals surface area contributed by atoms with Crippen LogP contribution in [0, 0.1) is 0 Å². The van der Waals surface area contributed by atoms with Crippen molar-refractivity contribution in [3.05, 3.63) is 58.7 Å². The van der Waals surface area contributed by atoms with Gasteiger partial charge >= 0.3 is 0 Å². The van der Waals surface area contributed by atoms with E-state index in [0.29, 0.717) is 0 Å². The van der Waals surface area contributed by atoms with Crippen molar-refractivity contribution in [1.82, 2.24) is 0 Å². The molecule has 2 rings (SSSR count). The molecule has 0 unspecified atom stereocenters. The summed E-state index contributed by atoms with van der Waals surface area (Å²) in [5.41, 5.74) is 8.60. The van der Waals surface area contributed by atoms with Crippen LogP contribution in [0.15, 0.2) is 36.4 Å². The summed E-state index contributed by atoms with van der Waals surface area (Å²) in [4.78, 5) is 0. The van der Waals surface area contributed by atoms with Gasteiger partial charge < -0.3 is 0 Å². The van der Waals surface area contributed by atoms with Crippen molar-refractivity contribution in [2.45, 2.75) is 53.4 Å². The molecule has 0 aromatic heterocycles. The van der Waals surface area contributed by atoms with E-state index in [1.54, 1.807) is 0 Å². The Bertz CT molecular complexity index is 556. The maximum atomic E-state index is 2.38. The Morgan fingerprint density at radius 3 is 1.70 bits per heavy atom. The second-order valence-corrected chi connectivity index (χ2v) is 5.44. The lowest BCUT2D eigenvalue weighted by atomic mass is 9.92. The van der Waals surface area contributed by atoms with Gasteiger partial charge in [0.25, 0.3) is 0 Å². The van der Waals surface area contributed by atoms with Gasteiger partial charge in [0.05, 0.1) is 0 Å². The summed E-state index contributed by atoms with van der Waals surface area (Å²) in [6.07, 6.45) is 4.41. The van der Waals surface area contributed by atoms with Gasteiger partial charge in [0, 0.05) is 0 Å². The van der Waals surface area contributed by atoms with E-state index in [1.807, 2.05) is 0 Å². The predicted octanol–water partition coefficient (Wildman–Crippen LogP) is 5.60. The van der Waals surface area contributed by atoms with Crippen LogP contribution < -0.4 is 0 Å². The van der Waals surface area contributed by atoms with Gasteiger partial charge in [-0.2, -0.15) is 0 Å². The van der Waals surface area contributed by atoms with Crippen LogP contribution in [0.4, 0.5) is 0 Å². The van der Waals surface area contributed by atoms with Crippen molar-refractivity contribution in [2.24, 2.45) is 0 Å². The number of aryl methyl sites for hydroxylation is 4. The summed E-state index contributed by atoms with van der Waals surface area (Å²) < 4.78 is 0. The molecule has 0 spiro atoms. The minimum Gasteiger partial charge on any atom is -0.0613 e. The van der Waals surface area contributed by atoms with Gasteiger partial charge in [0.1, 0.15) is 0 Å². The average molecular weight is 266 g/mol. The molecule has 0 aliphatic rings. The van der Waals surface area contributed by atoms with Crippen molar-refractivity contribution < 1.29 is 0 Å². The molecule has 0 heterocycles. The molecular formula is C20H26. The highest BCUT2D eigenvalue weighted by molar-refractivity contribution is 5.69. The maximum absolute atomic E-state index is 2.38. The molecule has 0 fully saturated rings. The standard InChI is InChI=1S/C20H26/c1-5-15-9-10-18(8-4)20(14-15)19-12-16(6-2)11-17(7-3)13-19/h9-14H,5-8H2,1-4H3. The normalized spacial score (nSPS) is 10.8. The van der Waals surface area contributed by atoms with Crippen molar-refractivity contribution in [2.75, 3.05) is 0 Å². The third-order valence-corrected chi connectivity index (χ3v) is 4.14. The van der Waals surface area contributed by atoms with E-state index >= 15 is 0 Å². The highest BCUT2D eigenvalue weighted by Gasteiger charge is 2.07. The molecule has 0 aliphatic carbocycles. The Kier molecular flexibility index (Phi) is 5.00. The van der Waals surface area contributed by atoms with Crippen LogP contribution in [0.1, 0.15) is 49.9 Å². The number of benzene rings is 2. The highest BCUT2D eigenvalue weighted by Crippen LogP contribution is 2.28. The van der Waals surface area contributed by atoms with Gasteiger partial charge in [-0.15, -0.1) is 0 Å². The lowest BCUT2D eigenvalue weighted by Gasteiger charge is -2.13. The topological polar surface area (TPSA) is 0 Å². The monoisotopic (exact) mass is 266 g/mol. The van der Waals surface area contributed by atoms with Gasteiger partial charge in [-0.3, -0.25) is 0 Å². The lowest BCUT2D eigenvalue weighted by Crippen LogP contribution is -1.94. The van der Waals surface area contributed by atoms with E-state index < -0.39 is 0 Å². The predicted molar refractivity (Wildman–Crippen MR) is 89.4 cm³/mol. The minimum atomic E-state index is 1.09. The molecule has 2 aromatic carbocycles. The third-order valence-electron chi connectivity index (χ3n) is 4.14. The number of rotatable bonds is 5. The van der Waals surface area contributed by atoms with Crippen molar-refractivity contribution in [1.29, 1.82) is 0 Å². The van der Waals surface area contributed by atoms with Crippen LogP contribution in [-0.4, -0.2) is 0 Å². The number of hydrogen-bond acceptors (Lipinski definition) is 0. The van der Waals surface area contributed by atoms with E-state index in [9.17, 15) is 0 Å². The van der Waals surface area contributed by atoms with E-state index in [1.165, 1.54) is 33.4 Å². The van der Waals surface area contributed by atoms with Crippen molar-refractivity contribution in [3.63, 3.8) is 0 Å². The fourth-order valence-electron chi connectivity index (χ4n) is 2.75. The quantitative estimate of drug-likeness (QED) is 0.660. The maximum Gasteiger partial charge on any atom is -0.0149 e. The molecule has 0 atom stereocenters. The Morgan fingerprint density at radius 2 is 1.20 bits per heavy atom. The Balaban J connectivity index is 2.59. The second-order valence-electron chi connectivity index (χ2n) is 5.44. The molecule has 0 radical (unpaired) electrons. The zero-order valence-electron chi connectivity index (χ0n) is 13.3. The van der Waals surface area contributed by atoms with E-state index in [0.717, 1.165) is 25.7 Å². The summed E-state index contributed by atoms with van der Waals surface area (Å²) >= 11 is 0. The summed E-state index contributed by atoms with van der Waals surface area (Å²) in [5.74, 6) is 0. The zero-order chi connectivity index (χ0) is 14.5. The van der Waals surface area contributed by atoms with Crippen LogP contribution in [0.2, 0.25) is 0 Å². The van der Waals surface area contributed by atoms with E-state index in [4.69, 9.17) is 0 Å². The molecule has 0 amide bonds. The molecule has 106 valence electrons. The zero-order valence-corrected chi connectivity index (χ0v) is 13.3. The Labute approximate surface area is 123 Å². The first-order valence-electron chi connectivity index (χ1n) is 7.96. The van der Waals surface area contributed by atoms with Gasteiger partial charge in [-0.1, -0.05) is 64.1 Å². The van der Waals surface area contributed by atoms with Crippen LogP contribution in [-0.2, 0) is 25.7 Å². The van der Waals surface area contributed by atoms with Crippen LogP contribution in [0.3, 0.4) is 0 Å². The minimum absolute atomic E-state index is 1.09. The summed E-state index contributed by atoms with van der Waals surface area (Å²) in [7, 11) is 0. The Hall–Kier alpha value is -1.56. The van der Waals surface area contributed by atoms with Crippen molar-refractivity contribution in [3.8, 4) is 11.1 Å². The Morgan fingerprint density at radius 1 is 0.600 bits per heavy atom. The molecular weight excluding hydrogens is 240 g/mol. The number of hydrogen-bond donors (Lipinski definition) is 0. The second kappa shape index (κ2) is 6.74. The first kappa shape index (κ1) is 14.8. The fourth-order valence-corrected chi connectivity index (χ4v) is 2.75. The molecule has 2 aromatic rings. The molecule has 0 nitrogen and oxygen atoms in total. The van der Waals surface area contributed by atoms with Gasteiger partial charge in [0.2, 0.25) is 0 Å². The average Bonchev–Trinajstić information content (AvgIpc) is 2.53. The SMILES string of the molecule is CCc1cc(CC)cc(-c2cc(CC)ccc2CC)c1. The first-order valence-corrected chi connectivity index (χ1v) is 7.96. The first-order chi connectivity index (χ1) is 9.71.